The second-order valence-corrected chi connectivity index (χ2v) is 4.42. The van der Waals surface area contributed by atoms with Gasteiger partial charge in [0.15, 0.2) is 0 Å². The Morgan fingerprint density at radius 2 is 2.22 bits per heavy atom. The summed E-state index contributed by atoms with van der Waals surface area (Å²) in [5.74, 6) is -0.181. The van der Waals surface area contributed by atoms with Gasteiger partial charge in [0.2, 0.25) is 0 Å². The molecule has 0 aliphatic carbocycles. The van der Waals surface area contributed by atoms with E-state index in [1.807, 2.05) is 38.1 Å². The summed E-state index contributed by atoms with van der Waals surface area (Å²) in [6.45, 7) is 4.49. The Morgan fingerprint density at radius 3 is 2.89 bits per heavy atom. The van der Waals surface area contributed by atoms with Crippen LogP contribution in [0.15, 0.2) is 24.3 Å². The van der Waals surface area contributed by atoms with Gasteiger partial charge in [-0.3, -0.25) is 10.2 Å². The molecule has 18 heavy (non-hydrogen) atoms. The van der Waals surface area contributed by atoms with E-state index in [9.17, 15) is 9.90 Å². The van der Waals surface area contributed by atoms with E-state index >= 15 is 0 Å². The van der Waals surface area contributed by atoms with Crippen molar-refractivity contribution in [2.75, 3.05) is 6.61 Å². The summed E-state index contributed by atoms with van der Waals surface area (Å²) >= 11 is 0. The van der Waals surface area contributed by atoms with Crippen LogP contribution in [0.2, 0.25) is 0 Å². The van der Waals surface area contributed by atoms with Crippen LogP contribution in [-0.4, -0.2) is 29.8 Å². The highest BCUT2D eigenvalue weighted by Gasteiger charge is 2.38. The molecule has 1 aliphatic heterocycles. The Balaban J connectivity index is 2.28. The highest BCUT2D eigenvalue weighted by Crippen LogP contribution is 2.29. The first-order valence-electron chi connectivity index (χ1n) is 6.10. The lowest BCUT2D eigenvalue weighted by molar-refractivity contribution is -0.139. The predicted octanol–water partition coefficient (Wildman–Crippen LogP) is 1.12. The van der Waals surface area contributed by atoms with Crippen molar-refractivity contribution in [2.45, 2.75) is 31.8 Å². The largest absolute Gasteiger partial charge is 0.494 e. The van der Waals surface area contributed by atoms with Crippen LogP contribution in [-0.2, 0) is 4.79 Å². The van der Waals surface area contributed by atoms with Crippen LogP contribution in [0.1, 0.15) is 25.3 Å². The molecule has 1 aromatic carbocycles. The lowest BCUT2D eigenvalue weighted by Crippen LogP contribution is -2.38. The van der Waals surface area contributed by atoms with Gasteiger partial charge in [0.05, 0.1) is 6.61 Å². The number of benzene rings is 1. The molecule has 0 spiro atoms. The van der Waals surface area contributed by atoms with Crippen molar-refractivity contribution >= 4 is 5.97 Å². The van der Waals surface area contributed by atoms with Gasteiger partial charge in [-0.2, -0.15) is 0 Å². The van der Waals surface area contributed by atoms with Crippen molar-refractivity contribution in [1.82, 2.24) is 10.9 Å². The highest BCUT2D eigenvalue weighted by atomic mass is 16.5. The van der Waals surface area contributed by atoms with Gasteiger partial charge in [-0.15, -0.1) is 0 Å². The third kappa shape index (κ3) is 2.47. The number of hydrogen-bond acceptors (Lipinski definition) is 4. The van der Waals surface area contributed by atoms with Gasteiger partial charge >= 0.3 is 5.97 Å². The fraction of sp³-hybridized carbons (Fsp3) is 0.462. The maximum Gasteiger partial charge on any atom is 0.322 e. The summed E-state index contributed by atoms with van der Waals surface area (Å²) in [6, 6.07) is 7.07. The van der Waals surface area contributed by atoms with E-state index in [-0.39, 0.29) is 12.0 Å². The molecule has 5 nitrogen and oxygen atoms in total. The average Bonchev–Trinajstić information content (AvgIpc) is 2.72. The summed E-state index contributed by atoms with van der Waals surface area (Å²) < 4.78 is 5.45. The van der Waals surface area contributed by atoms with Crippen molar-refractivity contribution in [1.29, 1.82) is 0 Å². The van der Waals surface area contributed by atoms with E-state index in [1.165, 1.54) is 0 Å². The first-order chi connectivity index (χ1) is 8.63. The number of nitrogens with one attached hydrogen (secondary N) is 2. The van der Waals surface area contributed by atoms with Crippen molar-refractivity contribution in [3.63, 3.8) is 0 Å². The number of rotatable bonds is 4. The normalized spacial score (nSPS) is 27.1. The van der Waals surface area contributed by atoms with Crippen LogP contribution in [0, 0.1) is 0 Å². The molecule has 0 saturated carbocycles. The van der Waals surface area contributed by atoms with Gasteiger partial charge in [0.25, 0.3) is 0 Å². The molecular formula is C13H18N2O3. The standard InChI is InChI=1S/C13H18N2O3/c1-3-18-10-6-4-5-9(7-10)11-8(2)14-15-12(11)13(16)17/h4-8,11-12,14-15H,3H2,1-2H3,(H,16,17). The molecule has 0 bridgehead atoms. The number of carbonyl (C=O) groups is 1. The number of hydrazine groups is 1. The molecule has 1 saturated heterocycles. The van der Waals surface area contributed by atoms with Crippen molar-refractivity contribution < 1.29 is 14.6 Å². The van der Waals surface area contributed by atoms with Crippen LogP contribution in [0.25, 0.3) is 0 Å². The van der Waals surface area contributed by atoms with Crippen LogP contribution >= 0.6 is 0 Å². The van der Waals surface area contributed by atoms with Gasteiger partial charge in [-0.25, -0.2) is 5.43 Å². The first-order valence-corrected chi connectivity index (χ1v) is 6.10. The molecule has 3 atom stereocenters. The van der Waals surface area contributed by atoms with E-state index in [0.29, 0.717) is 6.61 Å². The molecule has 2 rings (SSSR count). The fourth-order valence-electron chi connectivity index (χ4n) is 2.36. The zero-order valence-electron chi connectivity index (χ0n) is 10.5. The zero-order chi connectivity index (χ0) is 13.1. The van der Waals surface area contributed by atoms with Crippen molar-refractivity contribution in [3.05, 3.63) is 29.8 Å². The zero-order valence-corrected chi connectivity index (χ0v) is 10.5. The molecule has 98 valence electrons. The summed E-state index contributed by atoms with van der Waals surface area (Å²) in [5, 5.41) is 9.20. The summed E-state index contributed by atoms with van der Waals surface area (Å²) in [5.41, 5.74) is 6.77. The van der Waals surface area contributed by atoms with Gasteiger partial charge < -0.3 is 9.84 Å². The third-order valence-corrected chi connectivity index (χ3v) is 3.18. The van der Waals surface area contributed by atoms with Crippen molar-refractivity contribution in [2.24, 2.45) is 0 Å². The lowest BCUT2D eigenvalue weighted by atomic mass is 9.88. The Morgan fingerprint density at radius 1 is 1.44 bits per heavy atom. The minimum Gasteiger partial charge on any atom is -0.494 e. The molecule has 0 aromatic heterocycles. The minimum atomic E-state index is -0.848. The first kappa shape index (κ1) is 12.9. The fourth-order valence-corrected chi connectivity index (χ4v) is 2.36. The second kappa shape index (κ2) is 5.37. The molecule has 3 N–H and O–H groups in total. The van der Waals surface area contributed by atoms with Crippen LogP contribution in [0.3, 0.4) is 0 Å². The van der Waals surface area contributed by atoms with E-state index in [4.69, 9.17) is 4.74 Å². The molecule has 0 amide bonds. The molecule has 1 aliphatic rings. The number of carboxylic acids is 1. The highest BCUT2D eigenvalue weighted by molar-refractivity contribution is 5.75. The molecule has 0 radical (unpaired) electrons. The number of carboxylic acid groups (broad SMARTS) is 1. The maximum atomic E-state index is 11.2. The Labute approximate surface area is 106 Å². The number of ether oxygens (including phenoxy) is 1. The molecule has 5 heteroatoms. The molecule has 1 heterocycles. The monoisotopic (exact) mass is 250 g/mol. The lowest BCUT2D eigenvalue weighted by Gasteiger charge is -2.19. The molecule has 3 unspecified atom stereocenters. The van der Waals surface area contributed by atoms with Gasteiger partial charge in [0, 0.05) is 12.0 Å². The van der Waals surface area contributed by atoms with Gasteiger partial charge in [-0.05, 0) is 31.5 Å². The van der Waals surface area contributed by atoms with Crippen molar-refractivity contribution in [3.8, 4) is 5.75 Å². The van der Waals surface area contributed by atoms with Gasteiger partial charge in [0.1, 0.15) is 11.8 Å². The van der Waals surface area contributed by atoms with E-state index in [2.05, 4.69) is 10.9 Å². The predicted molar refractivity (Wildman–Crippen MR) is 67.5 cm³/mol. The molecular weight excluding hydrogens is 232 g/mol. The Kier molecular flexibility index (Phi) is 3.84. The Bertz CT molecular complexity index is 436. The number of aliphatic carboxylic acids is 1. The summed E-state index contributed by atoms with van der Waals surface area (Å²) in [4.78, 5) is 11.2. The molecule has 1 fully saturated rings. The third-order valence-electron chi connectivity index (χ3n) is 3.18. The van der Waals surface area contributed by atoms with E-state index in [0.717, 1.165) is 11.3 Å². The second-order valence-electron chi connectivity index (χ2n) is 4.42. The molecule has 1 aromatic rings. The summed E-state index contributed by atoms with van der Waals surface area (Å²) in [7, 11) is 0. The summed E-state index contributed by atoms with van der Waals surface area (Å²) in [6.07, 6.45) is 0. The van der Waals surface area contributed by atoms with Crippen LogP contribution in [0.4, 0.5) is 0 Å². The Hall–Kier alpha value is -1.59. The average molecular weight is 250 g/mol. The van der Waals surface area contributed by atoms with Gasteiger partial charge in [-0.1, -0.05) is 12.1 Å². The van der Waals surface area contributed by atoms with E-state index in [1.54, 1.807) is 0 Å². The van der Waals surface area contributed by atoms with Crippen LogP contribution < -0.4 is 15.6 Å². The SMILES string of the molecule is CCOc1cccc(C2C(C)NNC2C(=O)O)c1. The smallest absolute Gasteiger partial charge is 0.322 e. The maximum absolute atomic E-state index is 11.2. The quantitative estimate of drug-likeness (QED) is 0.747. The minimum absolute atomic E-state index is 0.0583. The van der Waals surface area contributed by atoms with E-state index < -0.39 is 12.0 Å². The van der Waals surface area contributed by atoms with Crippen LogP contribution in [0.5, 0.6) is 5.75 Å². The topological polar surface area (TPSA) is 70.6 Å². The number of hydrogen-bond donors (Lipinski definition) is 3.